The molecule has 1 unspecified atom stereocenters. The van der Waals surface area contributed by atoms with Crippen molar-refractivity contribution in [2.24, 2.45) is 0 Å². The second-order valence-electron chi connectivity index (χ2n) is 3.92. The SMILES string of the molecule is CC(C)SCC(Nc1ccc(F)cc1)C(=O)O. The second kappa shape index (κ2) is 6.49. The highest BCUT2D eigenvalue weighted by molar-refractivity contribution is 7.99. The third-order valence-corrected chi connectivity index (χ3v) is 3.27. The molecule has 0 aromatic heterocycles. The van der Waals surface area contributed by atoms with E-state index >= 15 is 0 Å². The van der Waals surface area contributed by atoms with E-state index in [1.54, 1.807) is 11.8 Å². The number of carboxylic acids is 1. The summed E-state index contributed by atoms with van der Waals surface area (Å²) in [5.41, 5.74) is 0.614. The van der Waals surface area contributed by atoms with Crippen molar-refractivity contribution >= 4 is 23.4 Å². The van der Waals surface area contributed by atoms with Crippen LogP contribution in [0.4, 0.5) is 10.1 Å². The van der Waals surface area contributed by atoms with Gasteiger partial charge in [0.2, 0.25) is 0 Å². The highest BCUT2D eigenvalue weighted by atomic mass is 32.2. The molecule has 0 spiro atoms. The summed E-state index contributed by atoms with van der Waals surface area (Å²) < 4.78 is 12.7. The molecule has 5 heteroatoms. The van der Waals surface area contributed by atoms with Gasteiger partial charge in [-0.3, -0.25) is 0 Å². The van der Waals surface area contributed by atoms with Gasteiger partial charge in [0.15, 0.2) is 0 Å². The number of carboxylic acid groups (broad SMARTS) is 1. The molecule has 0 amide bonds. The minimum Gasteiger partial charge on any atom is -0.480 e. The summed E-state index contributed by atoms with van der Waals surface area (Å²) in [6.07, 6.45) is 0. The van der Waals surface area contributed by atoms with Crippen molar-refractivity contribution in [3.05, 3.63) is 30.1 Å². The van der Waals surface area contributed by atoms with Crippen molar-refractivity contribution in [2.75, 3.05) is 11.1 Å². The van der Waals surface area contributed by atoms with Gasteiger partial charge in [0.05, 0.1) is 0 Å². The lowest BCUT2D eigenvalue weighted by Crippen LogP contribution is -2.32. The quantitative estimate of drug-likeness (QED) is 0.822. The van der Waals surface area contributed by atoms with Crippen LogP contribution < -0.4 is 5.32 Å². The van der Waals surface area contributed by atoms with Gasteiger partial charge < -0.3 is 10.4 Å². The number of benzene rings is 1. The van der Waals surface area contributed by atoms with E-state index in [-0.39, 0.29) is 5.82 Å². The summed E-state index contributed by atoms with van der Waals surface area (Å²) in [4.78, 5) is 11.0. The molecule has 1 aromatic rings. The minimum atomic E-state index is -0.900. The lowest BCUT2D eigenvalue weighted by atomic mass is 10.2. The van der Waals surface area contributed by atoms with Gasteiger partial charge in [0, 0.05) is 11.4 Å². The molecule has 0 fully saturated rings. The number of rotatable bonds is 6. The zero-order valence-corrected chi connectivity index (χ0v) is 10.6. The Morgan fingerprint density at radius 1 is 1.41 bits per heavy atom. The summed E-state index contributed by atoms with van der Waals surface area (Å²) >= 11 is 1.57. The number of halogens is 1. The van der Waals surface area contributed by atoms with Crippen LogP contribution >= 0.6 is 11.8 Å². The number of anilines is 1. The van der Waals surface area contributed by atoms with E-state index in [2.05, 4.69) is 5.32 Å². The van der Waals surface area contributed by atoms with Crippen molar-refractivity contribution in [2.45, 2.75) is 25.1 Å². The van der Waals surface area contributed by atoms with Crippen LogP contribution in [0.25, 0.3) is 0 Å². The van der Waals surface area contributed by atoms with Gasteiger partial charge in [-0.1, -0.05) is 13.8 Å². The fourth-order valence-corrected chi connectivity index (χ4v) is 2.01. The number of hydrogen-bond acceptors (Lipinski definition) is 3. The number of carbonyl (C=O) groups is 1. The first kappa shape index (κ1) is 13.8. The average Bonchev–Trinajstić information content (AvgIpc) is 2.26. The molecule has 1 aromatic carbocycles. The van der Waals surface area contributed by atoms with Crippen molar-refractivity contribution in [1.82, 2.24) is 0 Å². The van der Waals surface area contributed by atoms with Crippen molar-refractivity contribution in [1.29, 1.82) is 0 Å². The van der Waals surface area contributed by atoms with Crippen LogP contribution in [0.3, 0.4) is 0 Å². The topological polar surface area (TPSA) is 49.3 Å². The Kier molecular flexibility index (Phi) is 5.28. The molecule has 0 bridgehead atoms. The first-order valence-corrected chi connectivity index (χ1v) is 6.40. The summed E-state index contributed by atoms with van der Waals surface area (Å²) in [5.74, 6) is -0.758. The third-order valence-electron chi connectivity index (χ3n) is 2.08. The summed E-state index contributed by atoms with van der Waals surface area (Å²) in [6, 6.07) is 5.01. The van der Waals surface area contributed by atoms with Crippen LogP contribution in [0.5, 0.6) is 0 Å². The van der Waals surface area contributed by atoms with Gasteiger partial charge in [-0.25, -0.2) is 9.18 Å². The molecule has 1 rings (SSSR count). The molecule has 17 heavy (non-hydrogen) atoms. The number of aliphatic carboxylic acids is 1. The predicted octanol–water partition coefficient (Wildman–Crippen LogP) is 2.83. The number of hydrogen-bond donors (Lipinski definition) is 2. The molecular weight excluding hydrogens is 241 g/mol. The van der Waals surface area contributed by atoms with E-state index in [4.69, 9.17) is 5.11 Å². The molecule has 0 saturated carbocycles. The highest BCUT2D eigenvalue weighted by Crippen LogP contribution is 2.15. The van der Waals surface area contributed by atoms with Crippen molar-refractivity contribution in [3.63, 3.8) is 0 Å². The Morgan fingerprint density at radius 2 is 2.00 bits per heavy atom. The van der Waals surface area contributed by atoms with Crippen LogP contribution in [0.1, 0.15) is 13.8 Å². The fraction of sp³-hybridized carbons (Fsp3) is 0.417. The van der Waals surface area contributed by atoms with Crippen LogP contribution in [0, 0.1) is 5.82 Å². The molecule has 0 aliphatic rings. The highest BCUT2D eigenvalue weighted by Gasteiger charge is 2.17. The summed E-state index contributed by atoms with van der Waals surface area (Å²) in [7, 11) is 0. The first-order valence-electron chi connectivity index (χ1n) is 5.35. The molecule has 1 atom stereocenters. The Balaban J connectivity index is 2.60. The minimum absolute atomic E-state index is 0.334. The Bertz CT molecular complexity index is 367. The van der Waals surface area contributed by atoms with Crippen molar-refractivity contribution < 1.29 is 14.3 Å². The Labute approximate surface area is 104 Å². The van der Waals surface area contributed by atoms with Crippen molar-refractivity contribution in [3.8, 4) is 0 Å². The smallest absolute Gasteiger partial charge is 0.326 e. The molecule has 0 aliphatic carbocycles. The van der Waals surface area contributed by atoms with E-state index < -0.39 is 12.0 Å². The lowest BCUT2D eigenvalue weighted by Gasteiger charge is -2.16. The van der Waals surface area contributed by atoms with Gasteiger partial charge in [-0.05, 0) is 29.5 Å². The van der Waals surface area contributed by atoms with Gasteiger partial charge in [0.1, 0.15) is 11.9 Å². The molecule has 0 radical (unpaired) electrons. The predicted molar refractivity (Wildman–Crippen MR) is 69.0 cm³/mol. The molecule has 0 aliphatic heterocycles. The summed E-state index contributed by atoms with van der Waals surface area (Å²) in [6.45, 7) is 4.03. The average molecular weight is 257 g/mol. The maximum atomic E-state index is 12.7. The molecule has 2 N–H and O–H groups in total. The normalized spacial score (nSPS) is 12.5. The first-order chi connectivity index (χ1) is 7.99. The van der Waals surface area contributed by atoms with Gasteiger partial charge >= 0.3 is 5.97 Å². The maximum Gasteiger partial charge on any atom is 0.326 e. The zero-order chi connectivity index (χ0) is 12.8. The van der Waals surface area contributed by atoms with E-state index in [0.29, 0.717) is 16.7 Å². The molecule has 3 nitrogen and oxygen atoms in total. The second-order valence-corrected chi connectivity index (χ2v) is 5.53. The van der Waals surface area contributed by atoms with E-state index in [1.165, 1.54) is 24.3 Å². The molecule has 0 saturated heterocycles. The maximum absolute atomic E-state index is 12.7. The number of thioether (sulfide) groups is 1. The lowest BCUT2D eigenvalue weighted by molar-refractivity contribution is -0.137. The Hall–Kier alpha value is -1.23. The van der Waals surface area contributed by atoms with E-state index in [0.717, 1.165) is 0 Å². The standard InChI is InChI=1S/C12H16FNO2S/c1-8(2)17-7-11(12(15)16)14-10-5-3-9(13)4-6-10/h3-6,8,11,14H,7H2,1-2H3,(H,15,16). The van der Waals surface area contributed by atoms with Crippen LogP contribution in [0.2, 0.25) is 0 Å². The van der Waals surface area contributed by atoms with E-state index in [1.807, 2.05) is 13.8 Å². The van der Waals surface area contributed by atoms with Crippen LogP contribution in [-0.2, 0) is 4.79 Å². The molecular formula is C12H16FNO2S. The van der Waals surface area contributed by atoms with Crippen LogP contribution in [-0.4, -0.2) is 28.1 Å². The van der Waals surface area contributed by atoms with Crippen LogP contribution in [0.15, 0.2) is 24.3 Å². The van der Waals surface area contributed by atoms with Gasteiger partial charge in [-0.2, -0.15) is 11.8 Å². The largest absolute Gasteiger partial charge is 0.480 e. The molecule has 0 heterocycles. The fourth-order valence-electron chi connectivity index (χ4n) is 1.21. The summed E-state index contributed by atoms with van der Waals surface area (Å²) in [5, 5.41) is 12.3. The number of nitrogens with one attached hydrogen (secondary N) is 1. The zero-order valence-electron chi connectivity index (χ0n) is 9.81. The monoisotopic (exact) mass is 257 g/mol. The molecule has 94 valence electrons. The Morgan fingerprint density at radius 3 is 2.47 bits per heavy atom. The third kappa shape index (κ3) is 5.08. The van der Waals surface area contributed by atoms with Gasteiger partial charge in [0.25, 0.3) is 0 Å². The van der Waals surface area contributed by atoms with E-state index in [9.17, 15) is 9.18 Å². The van der Waals surface area contributed by atoms with Gasteiger partial charge in [-0.15, -0.1) is 0 Å².